The molecule has 0 radical (unpaired) electrons. The first-order chi connectivity index (χ1) is 3.62. The highest BCUT2D eigenvalue weighted by Crippen LogP contribution is 1.80. The van der Waals surface area contributed by atoms with Crippen LogP contribution in [0, 0.1) is 11.7 Å². The first-order valence-electron chi connectivity index (χ1n) is 2.02. The Morgan fingerprint density at radius 1 is 1.62 bits per heavy atom. The van der Waals surface area contributed by atoms with Gasteiger partial charge in [0, 0.05) is 11.8 Å². The van der Waals surface area contributed by atoms with E-state index in [1.54, 1.807) is 5.25 Å². The summed E-state index contributed by atoms with van der Waals surface area (Å²) in [5.74, 6) is -0.122. The second kappa shape index (κ2) is 2.70. The summed E-state index contributed by atoms with van der Waals surface area (Å²) in [6.45, 7) is 0.0898. The third-order valence-corrected chi connectivity index (χ3v) is 1.70. The summed E-state index contributed by atoms with van der Waals surface area (Å²) in [6, 6.07) is 0. The molecule has 0 aromatic heterocycles. The molecule has 0 bridgehead atoms. The molecule has 3 nitrogen and oxygen atoms in total. The molecule has 0 aliphatic carbocycles. The standard InChI is InChI=1S/C4H7NO2S/c1-2-8(6,7)4-3-5/h1H,3-5H2. The number of terminal acetylenes is 1. The summed E-state index contributed by atoms with van der Waals surface area (Å²) < 4.78 is 20.6. The second-order valence-electron chi connectivity index (χ2n) is 1.23. The van der Waals surface area contributed by atoms with Crippen LogP contribution in [0.25, 0.3) is 0 Å². The van der Waals surface area contributed by atoms with Gasteiger partial charge in [-0.1, -0.05) is 0 Å². The van der Waals surface area contributed by atoms with Crippen molar-refractivity contribution in [3.05, 3.63) is 0 Å². The number of hydrogen-bond acceptors (Lipinski definition) is 3. The summed E-state index contributed by atoms with van der Waals surface area (Å²) in [4.78, 5) is 0. The molecule has 8 heavy (non-hydrogen) atoms. The number of nitrogens with two attached hydrogens (primary N) is 1. The SMILES string of the molecule is C#CS(=O)(=O)CCN. The van der Waals surface area contributed by atoms with E-state index in [0.29, 0.717) is 0 Å². The maximum atomic E-state index is 10.3. The molecule has 46 valence electrons. The van der Waals surface area contributed by atoms with Crippen molar-refractivity contribution < 1.29 is 8.42 Å². The minimum absolute atomic E-state index is 0.0898. The highest BCUT2D eigenvalue weighted by Gasteiger charge is 2.00. The largest absolute Gasteiger partial charge is 0.329 e. The normalized spacial score (nSPS) is 10.5. The lowest BCUT2D eigenvalue weighted by atomic mass is 10.8. The molecule has 0 fully saturated rings. The predicted octanol–water partition coefficient (Wildman–Crippen LogP) is -1.05. The molecule has 0 unspecified atom stereocenters. The quantitative estimate of drug-likeness (QED) is 0.386. The fourth-order valence-electron chi connectivity index (χ4n) is 0.214. The van der Waals surface area contributed by atoms with Gasteiger partial charge >= 0.3 is 0 Å². The monoisotopic (exact) mass is 133 g/mol. The second-order valence-corrected chi connectivity index (χ2v) is 3.10. The molecule has 2 N–H and O–H groups in total. The molecule has 4 heteroatoms. The van der Waals surface area contributed by atoms with Gasteiger partial charge in [0.05, 0.1) is 5.75 Å². The molecule has 0 spiro atoms. The van der Waals surface area contributed by atoms with E-state index in [-0.39, 0.29) is 12.3 Å². The zero-order valence-corrected chi connectivity index (χ0v) is 5.11. The fraction of sp³-hybridized carbons (Fsp3) is 0.500. The highest BCUT2D eigenvalue weighted by atomic mass is 32.2. The van der Waals surface area contributed by atoms with Crippen molar-refractivity contribution in [1.82, 2.24) is 0 Å². The lowest BCUT2D eigenvalue weighted by Crippen LogP contribution is -2.13. The van der Waals surface area contributed by atoms with Crippen LogP contribution in [-0.2, 0) is 9.84 Å². The van der Waals surface area contributed by atoms with Crippen LogP contribution in [0.3, 0.4) is 0 Å². The highest BCUT2D eigenvalue weighted by molar-refractivity contribution is 7.96. The van der Waals surface area contributed by atoms with Gasteiger partial charge in [0.1, 0.15) is 0 Å². The molecule has 0 heterocycles. The zero-order valence-electron chi connectivity index (χ0n) is 4.29. The third kappa shape index (κ3) is 2.61. The molecule has 0 saturated carbocycles. The molecule has 0 saturated heterocycles. The molecular weight excluding hydrogens is 126 g/mol. The Balaban J connectivity index is 4.02. The first kappa shape index (κ1) is 7.47. The lowest BCUT2D eigenvalue weighted by Gasteiger charge is -1.87. The maximum Gasteiger partial charge on any atom is 0.217 e. The molecule has 0 rings (SSSR count). The average Bonchev–Trinajstić information content (AvgIpc) is 1.67. The Labute approximate surface area is 48.8 Å². The fourth-order valence-corrected chi connectivity index (χ4v) is 0.642. The first-order valence-corrected chi connectivity index (χ1v) is 3.68. The van der Waals surface area contributed by atoms with Crippen molar-refractivity contribution in [3.63, 3.8) is 0 Å². The molecule has 0 aliphatic rings. The summed E-state index contributed by atoms with van der Waals surface area (Å²) in [5, 5.41) is 1.63. The smallest absolute Gasteiger partial charge is 0.217 e. The van der Waals surface area contributed by atoms with Crippen molar-refractivity contribution >= 4 is 9.84 Å². The predicted molar refractivity (Wildman–Crippen MR) is 31.7 cm³/mol. The number of rotatable bonds is 2. The van der Waals surface area contributed by atoms with E-state index in [4.69, 9.17) is 5.73 Å². The maximum absolute atomic E-state index is 10.3. The van der Waals surface area contributed by atoms with Crippen LogP contribution in [0.1, 0.15) is 0 Å². The molecular formula is C4H7NO2S. The Bertz CT molecular complexity index is 187. The Morgan fingerprint density at radius 2 is 2.12 bits per heavy atom. The van der Waals surface area contributed by atoms with Crippen LogP contribution >= 0.6 is 0 Å². The van der Waals surface area contributed by atoms with E-state index in [1.165, 1.54) is 0 Å². The topological polar surface area (TPSA) is 60.2 Å². The summed E-state index contributed by atoms with van der Waals surface area (Å²) in [6.07, 6.45) is 4.60. The van der Waals surface area contributed by atoms with E-state index in [1.807, 2.05) is 0 Å². The van der Waals surface area contributed by atoms with Crippen molar-refractivity contribution in [2.75, 3.05) is 12.3 Å². The van der Waals surface area contributed by atoms with Crippen molar-refractivity contribution in [2.45, 2.75) is 0 Å². The van der Waals surface area contributed by atoms with Gasteiger partial charge in [-0.3, -0.25) is 0 Å². The minimum Gasteiger partial charge on any atom is -0.329 e. The van der Waals surface area contributed by atoms with Crippen LogP contribution in [0.15, 0.2) is 0 Å². The van der Waals surface area contributed by atoms with Gasteiger partial charge in [-0.05, 0) is 0 Å². The van der Waals surface area contributed by atoms with Crippen LogP contribution in [-0.4, -0.2) is 20.7 Å². The minimum atomic E-state index is -3.27. The van der Waals surface area contributed by atoms with Crippen LogP contribution in [0.2, 0.25) is 0 Å². The molecule has 0 amide bonds. The van der Waals surface area contributed by atoms with E-state index in [2.05, 4.69) is 6.42 Å². The molecule has 0 aliphatic heterocycles. The van der Waals surface area contributed by atoms with Crippen molar-refractivity contribution in [3.8, 4) is 11.7 Å². The summed E-state index contributed by atoms with van der Waals surface area (Å²) in [7, 11) is -3.27. The van der Waals surface area contributed by atoms with Crippen LogP contribution in [0.4, 0.5) is 0 Å². The van der Waals surface area contributed by atoms with Gasteiger partial charge in [0.15, 0.2) is 0 Å². The van der Waals surface area contributed by atoms with Gasteiger partial charge in [-0.2, -0.15) is 0 Å². The van der Waals surface area contributed by atoms with Crippen molar-refractivity contribution in [1.29, 1.82) is 0 Å². The van der Waals surface area contributed by atoms with Crippen molar-refractivity contribution in [2.24, 2.45) is 5.73 Å². The number of sulfone groups is 1. The lowest BCUT2D eigenvalue weighted by molar-refractivity contribution is 0.606. The number of hydrogen-bond donors (Lipinski definition) is 1. The summed E-state index contributed by atoms with van der Waals surface area (Å²) >= 11 is 0. The Kier molecular flexibility index (Phi) is 2.52. The Morgan fingerprint density at radius 3 is 2.25 bits per heavy atom. The van der Waals surface area contributed by atoms with E-state index in [9.17, 15) is 8.42 Å². The van der Waals surface area contributed by atoms with Gasteiger partial charge in [-0.15, -0.1) is 6.42 Å². The zero-order chi connectivity index (χ0) is 6.62. The molecule has 0 aromatic carbocycles. The van der Waals surface area contributed by atoms with Gasteiger partial charge in [0.2, 0.25) is 9.84 Å². The van der Waals surface area contributed by atoms with E-state index >= 15 is 0 Å². The van der Waals surface area contributed by atoms with Gasteiger partial charge in [0.25, 0.3) is 0 Å². The van der Waals surface area contributed by atoms with E-state index in [0.717, 1.165) is 0 Å². The van der Waals surface area contributed by atoms with E-state index < -0.39 is 9.84 Å². The average molecular weight is 133 g/mol. The van der Waals surface area contributed by atoms with Gasteiger partial charge < -0.3 is 5.73 Å². The molecule has 0 aromatic rings. The third-order valence-electron chi connectivity index (χ3n) is 0.566. The van der Waals surface area contributed by atoms with Crippen LogP contribution < -0.4 is 5.73 Å². The van der Waals surface area contributed by atoms with Gasteiger partial charge in [-0.25, -0.2) is 8.42 Å². The Hall–Kier alpha value is -0.530. The van der Waals surface area contributed by atoms with Crippen LogP contribution in [0.5, 0.6) is 0 Å². The molecule has 0 atom stereocenters. The summed E-state index contributed by atoms with van der Waals surface area (Å²) in [5.41, 5.74) is 4.92.